The summed E-state index contributed by atoms with van der Waals surface area (Å²) >= 11 is 3.13. The Kier molecular flexibility index (Phi) is 7.57. The number of nitro groups is 1. The average Bonchev–Trinajstić information content (AvgIpc) is 2.75. The van der Waals surface area contributed by atoms with Gasteiger partial charge in [-0.1, -0.05) is 28.1 Å². The molecule has 0 saturated carbocycles. The van der Waals surface area contributed by atoms with Crippen molar-refractivity contribution < 1.29 is 23.6 Å². The minimum atomic E-state index is -0.656. The summed E-state index contributed by atoms with van der Waals surface area (Å²) in [6, 6.07) is 8.90. The van der Waals surface area contributed by atoms with Crippen LogP contribution in [-0.2, 0) is 11.3 Å². The number of piperazine rings is 1. The molecule has 0 bridgehead atoms. The van der Waals surface area contributed by atoms with E-state index in [9.17, 15) is 24.1 Å². The van der Waals surface area contributed by atoms with Crippen LogP contribution in [0, 0.1) is 15.9 Å². The number of nitrogens with zero attached hydrogens (tertiary/aromatic N) is 3. The fourth-order valence-corrected chi connectivity index (χ4v) is 4.25. The highest BCUT2D eigenvalue weighted by atomic mass is 79.9. The summed E-state index contributed by atoms with van der Waals surface area (Å²) in [4.78, 5) is 38.8. The van der Waals surface area contributed by atoms with E-state index < -0.39 is 11.5 Å². The van der Waals surface area contributed by atoms with E-state index in [4.69, 9.17) is 4.74 Å². The van der Waals surface area contributed by atoms with Crippen LogP contribution in [0.5, 0.6) is 5.75 Å². The monoisotopic (exact) mass is 507 g/mol. The SMILES string of the molecule is CC1CN(C(=O)COc2c(C=O)cc(Br)cc2[N+](=O)[O-])C(C)CN1Cc1ccc(F)cc1. The van der Waals surface area contributed by atoms with Crippen LogP contribution in [0.1, 0.15) is 29.8 Å². The summed E-state index contributed by atoms with van der Waals surface area (Å²) in [7, 11) is 0. The normalized spacial score (nSPS) is 18.9. The molecule has 0 aliphatic carbocycles. The van der Waals surface area contributed by atoms with Crippen LogP contribution in [0.4, 0.5) is 10.1 Å². The Labute approximate surface area is 193 Å². The molecule has 0 aromatic heterocycles. The highest BCUT2D eigenvalue weighted by Gasteiger charge is 2.32. The minimum absolute atomic E-state index is 0.00981. The zero-order valence-electron chi connectivity index (χ0n) is 17.7. The van der Waals surface area contributed by atoms with E-state index in [0.29, 0.717) is 30.4 Å². The lowest BCUT2D eigenvalue weighted by Gasteiger charge is -2.44. The molecule has 1 aliphatic rings. The first-order chi connectivity index (χ1) is 15.2. The first kappa shape index (κ1) is 23.8. The predicted octanol–water partition coefficient (Wildman–Crippen LogP) is 3.81. The number of carbonyl (C=O) groups is 2. The fourth-order valence-electron chi connectivity index (χ4n) is 3.79. The molecule has 1 heterocycles. The van der Waals surface area contributed by atoms with Crippen molar-refractivity contribution in [3.8, 4) is 5.75 Å². The number of carbonyl (C=O) groups excluding carboxylic acids is 2. The van der Waals surface area contributed by atoms with E-state index in [0.717, 1.165) is 5.56 Å². The molecular formula is C22H23BrFN3O5. The summed E-state index contributed by atoms with van der Waals surface area (Å²) in [6.45, 7) is 5.20. The lowest BCUT2D eigenvalue weighted by atomic mass is 10.1. The number of ether oxygens (including phenoxy) is 1. The van der Waals surface area contributed by atoms with Crippen LogP contribution in [0.2, 0.25) is 0 Å². The van der Waals surface area contributed by atoms with Crippen LogP contribution in [0.25, 0.3) is 0 Å². The number of aldehydes is 1. The first-order valence-electron chi connectivity index (χ1n) is 10.0. The summed E-state index contributed by atoms with van der Waals surface area (Å²) in [5.74, 6) is -0.827. The van der Waals surface area contributed by atoms with E-state index in [-0.39, 0.29) is 40.8 Å². The average molecular weight is 508 g/mol. The van der Waals surface area contributed by atoms with Crippen molar-refractivity contribution >= 4 is 33.8 Å². The molecule has 1 aliphatic heterocycles. The van der Waals surface area contributed by atoms with Gasteiger partial charge in [0.05, 0.1) is 10.5 Å². The third kappa shape index (κ3) is 5.49. The highest BCUT2D eigenvalue weighted by molar-refractivity contribution is 9.10. The zero-order chi connectivity index (χ0) is 23.4. The maximum Gasteiger partial charge on any atom is 0.312 e. The van der Waals surface area contributed by atoms with E-state index in [1.807, 2.05) is 13.8 Å². The van der Waals surface area contributed by atoms with Crippen molar-refractivity contribution in [1.29, 1.82) is 0 Å². The van der Waals surface area contributed by atoms with Gasteiger partial charge >= 0.3 is 5.69 Å². The second kappa shape index (κ2) is 10.2. The number of halogens is 2. The molecule has 1 fully saturated rings. The smallest absolute Gasteiger partial charge is 0.312 e. The number of benzene rings is 2. The Balaban J connectivity index is 1.66. The molecule has 0 radical (unpaired) electrons. The molecule has 2 atom stereocenters. The molecular weight excluding hydrogens is 485 g/mol. The molecule has 10 heteroatoms. The number of hydrogen-bond donors (Lipinski definition) is 0. The maximum absolute atomic E-state index is 13.1. The van der Waals surface area contributed by atoms with Gasteiger partial charge in [0.1, 0.15) is 5.82 Å². The molecule has 2 aromatic rings. The third-order valence-electron chi connectivity index (χ3n) is 5.46. The molecule has 0 N–H and O–H groups in total. The molecule has 2 aromatic carbocycles. The Morgan fingerprint density at radius 1 is 1.25 bits per heavy atom. The summed E-state index contributed by atoms with van der Waals surface area (Å²) in [6.07, 6.45) is 0.455. The van der Waals surface area contributed by atoms with Crippen LogP contribution in [-0.4, -0.2) is 58.7 Å². The van der Waals surface area contributed by atoms with Gasteiger partial charge in [0.25, 0.3) is 5.91 Å². The standard InChI is InChI=1S/C22H23BrFN3O5/c1-14-10-26(15(2)9-25(14)11-16-3-5-19(24)6-4-16)21(29)13-32-22-17(12-28)7-18(23)8-20(22)27(30)31/h3-8,12,14-15H,9-11,13H2,1-2H3. The minimum Gasteiger partial charge on any atom is -0.476 e. The van der Waals surface area contributed by atoms with Crippen molar-refractivity contribution in [2.75, 3.05) is 19.7 Å². The largest absolute Gasteiger partial charge is 0.476 e. The Morgan fingerprint density at radius 3 is 2.56 bits per heavy atom. The lowest BCUT2D eigenvalue weighted by molar-refractivity contribution is -0.385. The van der Waals surface area contributed by atoms with Gasteiger partial charge in [0, 0.05) is 42.3 Å². The Morgan fingerprint density at radius 2 is 1.94 bits per heavy atom. The third-order valence-corrected chi connectivity index (χ3v) is 5.92. The van der Waals surface area contributed by atoms with E-state index >= 15 is 0 Å². The van der Waals surface area contributed by atoms with E-state index in [2.05, 4.69) is 20.8 Å². The first-order valence-corrected chi connectivity index (χ1v) is 10.8. The molecule has 3 rings (SSSR count). The lowest BCUT2D eigenvalue weighted by Crippen LogP contribution is -2.58. The van der Waals surface area contributed by atoms with Gasteiger partial charge in [-0.15, -0.1) is 0 Å². The van der Waals surface area contributed by atoms with Gasteiger partial charge in [-0.25, -0.2) is 4.39 Å². The second-order valence-electron chi connectivity index (χ2n) is 7.81. The Bertz CT molecular complexity index is 1020. The van der Waals surface area contributed by atoms with E-state index in [1.54, 1.807) is 17.0 Å². The zero-order valence-corrected chi connectivity index (χ0v) is 19.2. The number of hydrogen-bond acceptors (Lipinski definition) is 6. The van der Waals surface area contributed by atoms with Gasteiger partial charge in [-0.2, -0.15) is 0 Å². The van der Waals surface area contributed by atoms with E-state index in [1.165, 1.54) is 24.3 Å². The molecule has 170 valence electrons. The molecule has 1 amide bonds. The molecule has 8 nitrogen and oxygen atoms in total. The quantitative estimate of drug-likeness (QED) is 0.321. The van der Waals surface area contributed by atoms with Gasteiger partial charge in [-0.05, 0) is 37.6 Å². The number of amides is 1. The van der Waals surface area contributed by atoms with Crippen LogP contribution < -0.4 is 4.74 Å². The molecule has 2 unspecified atom stereocenters. The number of nitro benzene ring substituents is 1. The molecule has 32 heavy (non-hydrogen) atoms. The van der Waals surface area contributed by atoms with Crippen molar-refractivity contribution in [2.45, 2.75) is 32.5 Å². The summed E-state index contributed by atoms with van der Waals surface area (Å²) in [5.41, 5.74) is 0.585. The highest BCUT2D eigenvalue weighted by Crippen LogP contribution is 2.34. The van der Waals surface area contributed by atoms with Gasteiger partial charge in [0.15, 0.2) is 12.9 Å². The van der Waals surface area contributed by atoms with Crippen molar-refractivity contribution in [1.82, 2.24) is 9.80 Å². The molecule has 0 spiro atoms. The fraction of sp³-hybridized carbons (Fsp3) is 0.364. The number of rotatable bonds is 7. The van der Waals surface area contributed by atoms with Gasteiger partial charge < -0.3 is 9.64 Å². The van der Waals surface area contributed by atoms with Crippen molar-refractivity contribution in [3.05, 3.63) is 67.9 Å². The van der Waals surface area contributed by atoms with Crippen molar-refractivity contribution in [2.24, 2.45) is 0 Å². The van der Waals surface area contributed by atoms with Crippen molar-refractivity contribution in [3.63, 3.8) is 0 Å². The van der Waals surface area contributed by atoms with Crippen LogP contribution >= 0.6 is 15.9 Å². The van der Waals surface area contributed by atoms with Gasteiger partial charge in [-0.3, -0.25) is 24.6 Å². The predicted molar refractivity (Wildman–Crippen MR) is 119 cm³/mol. The topological polar surface area (TPSA) is 93.0 Å². The van der Waals surface area contributed by atoms with Gasteiger partial charge in [0.2, 0.25) is 5.75 Å². The maximum atomic E-state index is 13.1. The molecule has 1 saturated heterocycles. The Hall–Kier alpha value is -2.85. The van der Waals surface area contributed by atoms with Crippen LogP contribution in [0.3, 0.4) is 0 Å². The van der Waals surface area contributed by atoms with Crippen LogP contribution in [0.15, 0.2) is 40.9 Å². The summed E-state index contributed by atoms with van der Waals surface area (Å²) in [5, 5.41) is 11.4. The summed E-state index contributed by atoms with van der Waals surface area (Å²) < 4.78 is 19.0. The second-order valence-corrected chi connectivity index (χ2v) is 8.72.